The van der Waals surface area contributed by atoms with E-state index in [9.17, 15) is 0 Å². The van der Waals surface area contributed by atoms with Crippen LogP contribution in [-0.2, 0) is 11.2 Å². The molecule has 1 rings (SSSR count). The quantitative estimate of drug-likeness (QED) is 0.677. The average molecular weight is 254 g/mol. The van der Waals surface area contributed by atoms with E-state index in [4.69, 9.17) is 4.74 Å². The Morgan fingerprint density at radius 2 is 2.12 bits per heavy atom. The Bertz CT molecular complexity index is 327. The predicted molar refractivity (Wildman–Crippen MR) is 76.9 cm³/mol. The molecule has 0 fully saturated rings. The van der Waals surface area contributed by atoms with Crippen molar-refractivity contribution in [1.82, 2.24) is 0 Å². The highest BCUT2D eigenvalue weighted by Gasteiger charge is 2.16. The van der Waals surface area contributed by atoms with E-state index in [0.29, 0.717) is 0 Å². The topological polar surface area (TPSA) is 9.23 Å². The molecule has 1 unspecified atom stereocenters. The number of rotatable bonds is 7. The van der Waals surface area contributed by atoms with Gasteiger partial charge in [-0.2, -0.15) is 0 Å². The van der Waals surface area contributed by atoms with E-state index in [2.05, 4.69) is 39.1 Å². The van der Waals surface area contributed by atoms with Gasteiger partial charge in [0.2, 0.25) is 0 Å². The molecule has 17 heavy (non-hydrogen) atoms. The average Bonchev–Trinajstić information content (AvgIpc) is 2.63. The molecule has 0 N–H and O–H groups in total. The van der Waals surface area contributed by atoms with Crippen molar-refractivity contribution in [3.05, 3.63) is 21.9 Å². The molecular formula is C15H26OS. The van der Waals surface area contributed by atoms with Gasteiger partial charge in [0.25, 0.3) is 0 Å². The van der Waals surface area contributed by atoms with Gasteiger partial charge in [-0.25, -0.2) is 0 Å². The molecule has 0 spiro atoms. The van der Waals surface area contributed by atoms with Crippen LogP contribution in [0.5, 0.6) is 0 Å². The first-order valence-corrected chi connectivity index (χ1v) is 7.40. The lowest BCUT2D eigenvalue weighted by molar-refractivity contribution is 0.0128. The smallest absolute Gasteiger partial charge is 0.0622 e. The molecule has 1 atom stereocenters. The second-order valence-corrected chi connectivity index (χ2v) is 6.75. The van der Waals surface area contributed by atoms with Crippen molar-refractivity contribution in [2.75, 3.05) is 7.11 Å². The number of ether oxygens (including phenoxy) is 1. The van der Waals surface area contributed by atoms with Crippen LogP contribution in [0.4, 0.5) is 0 Å². The lowest BCUT2D eigenvalue weighted by atomic mass is 9.94. The summed E-state index contributed by atoms with van der Waals surface area (Å²) in [5.41, 5.74) is 1.44. The predicted octanol–water partition coefficient (Wildman–Crippen LogP) is 4.83. The van der Waals surface area contributed by atoms with Gasteiger partial charge >= 0.3 is 0 Å². The Morgan fingerprint density at radius 3 is 2.65 bits per heavy atom. The van der Waals surface area contributed by atoms with E-state index in [1.54, 1.807) is 7.11 Å². The number of aryl methyl sites for hydroxylation is 1. The molecule has 0 aliphatic carbocycles. The summed E-state index contributed by atoms with van der Waals surface area (Å²) in [6.45, 7) is 8.86. The number of thiophene rings is 1. The van der Waals surface area contributed by atoms with Crippen LogP contribution in [0, 0.1) is 12.8 Å². The van der Waals surface area contributed by atoms with E-state index in [1.165, 1.54) is 29.7 Å². The molecule has 0 aliphatic rings. The summed E-state index contributed by atoms with van der Waals surface area (Å²) >= 11 is 1.90. The third-order valence-electron chi connectivity index (χ3n) is 3.36. The molecule has 1 heterocycles. The summed E-state index contributed by atoms with van der Waals surface area (Å²) in [5.74, 6) is 0.778. The fraction of sp³-hybridized carbons (Fsp3) is 0.733. The molecule has 0 saturated carbocycles. The van der Waals surface area contributed by atoms with Gasteiger partial charge in [0.1, 0.15) is 0 Å². The summed E-state index contributed by atoms with van der Waals surface area (Å²) in [4.78, 5) is 1.53. The molecule has 2 heteroatoms. The first-order valence-electron chi connectivity index (χ1n) is 6.52. The normalized spacial score (nSPS) is 13.9. The van der Waals surface area contributed by atoms with Crippen molar-refractivity contribution in [2.24, 2.45) is 5.92 Å². The largest absolute Gasteiger partial charge is 0.379 e. The molecule has 0 saturated heterocycles. The van der Waals surface area contributed by atoms with Gasteiger partial charge in [0.05, 0.1) is 5.60 Å². The van der Waals surface area contributed by atoms with Crippen molar-refractivity contribution in [3.8, 4) is 0 Å². The zero-order chi connectivity index (χ0) is 12.9. The second kappa shape index (κ2) is 6.55. The molecule has 1 aromatic rings. The lowest BCUT2D eigenvalue weighted by Gasteiger charge is -2.23. The minimum atomic E-state index is 0.0409. The van der Waals surface area contributed by atoms with Gasteiger partial charge < -0.3 is 4.74 Å². The summed E-state index contributed by atoms with van der Waals surface area (Å²) in [6.07, 6.45) is 4.93. The number of hydrogen-bond donors (Lipinski definition) is 0. The molecule has 1 nitrogen and oxygen atoms in total. The minimum absolute atomic E-state index is 0.0409. The van der Waals surface area contributed by atoms with Gasteiger partial charge in [-0.15, -0.1) is 11.3 Å². The zero-order valence-electron chi connectivity index (χ0n) is 11.9. The minimum Gasteiger partial charge on any atom is -0.379 e. The number of methoxy groups -OCH3 is 1. The molecule has 0 amide bonds. The maximum absolute atomic E-state index is 5.44. The Kier molecular flexibility index (Phi) is 5.68. The first kappa shape index (κ1) is 14.7. The van der Waals surface area contributed by atoms with E-state index in [1.807, 2.05) is 11.3 Å². The van der Waals surface area contributed by atoms with E-state index >= 15 is 0 Å². The fourth-order valence-corrected chi connectivity index (χ4v) is 3.06. The van der Waals surface area contributed by atoms with E-state index in [-0.39, 0.29) is 5.60 Å². The van der Waals surface area contributed by atoms with Crippen LogP contribution in [0.2, 0.25) is 0 Å². The third-order valence-corrected chi connectivity index (χ3v) is 4.44. The monoisotopic (exact) mass is 254 g/mol. The van der Waals surface area contributed by atoms with Gasteiger partial charge in [-0.3, -0.25) is 0 Å². The summed E-state index contributed by atoms with van der Waals surface area (Å²) in [6, 6.07) is 2.32. The standard InChI is InChI=1S/C15H26OS/c1-12(7-6-8-15(3,4)16-5)9-14-10-13(2)11-17-14/h10-12H,6-9H2,1-5H3. The molecular weight excluding hydrogens is 228 g/mol. The summed E-state index contributed by atoms with van der Waals surface area (Å²) < 4.78 is 5.44. The molecule has 0 aromatic carbocycles. The Morgan fingerprint density at radius 1 is 1.41 bits per heavy atom. The second-order valence-electron chi connectivity index (χ2n) is 5.76. The number of hydrogen-bond acceptors (Lipinski definition) is 2. The van der Waals surface area contributed by atoms with E-state index in [0.717, 1.165) is 12.3 Å². The van der Waals surface area contributed by atoms with Crippen molar-refractivity contribution in [1.29, 1.82) is 0 Å². The molecule has 0 radical (unpaired) electrons. The molecule has 0 aliphatic heterocycles. The van der Waals surface area contributed by atoms with Crippen LogP contribution in [0.1, 0.15) is 50.5 Å². The van der Waals surface area contributed by atoms with Gasteiger partial charge in [-0.05, 0) is 56.5 Å². The Balaban J connectivity index is 2.24. The Labute approximate surface area is 110 Å². The highest BCUT2D eigenvalue weighted by molar-refractivity contribution is 7.10. The zero-order valence-corrected chi connectivity index (χ0v) is 12.7. The van der Waals surface area contributed by atoms with Gasteiger partial charge in [-0.1, -0.05) is 19.8 Å². The SMILES string of the molecule is COC(C)(C)CCCC(C)Cc1cc(C)cs1. The lowest BCUT2D eigenvalue weighted by Crippen LogP contribution is -2.22. The highest BCUT2D eigenvalue weighted by Crippen LogP contribution is 2.23. The van der Waals surface area contributed by atoms with Crippen LogP contribution in [-0.4, -0.2) is 12.7 Å². The van der Waals surface area contributed by atoms with Crippen LogP contribution >= 0.6 is 11.3 Å². The Hall–Kier alpha value is -0.340. The van der Waals surface area contributed by atoms with Crippen LogP contribution in [0.25, 0.3) is 0 Å². The van der Waals surface area contributed by atoms with Crippen molar-refractivity contribution >= 4 is 11.3 Å². The van der Waals surface area contributed by atoms with E-state index < -0.39 is 0 Å². The molecule has 1 aromatic heterocycles. The van der Waals surface area contributed by atoms with Gasteiger partial charge in [0, 0.05) is 12.0 Å². The van der Waals surface area contributed by atoms with Crippen molar-refractivity contribution in [3.63, 3.8) is 0 Å². The molecule has 0 bridgehead atoms. The maximum Gasteiger partial charge on any atom is 0.0622 e. The van der Waals surface area contributed by atoms with Crippen LogP contribution < -0.4 is 0 Å². The highest BCUT2D eigenvalue weighted by atomic mass is 32.1. The summed E-state index contributed by atoms with van der Waals surface area (Å²) in [7, 11) is 1.80. The first-order chi connectivity index (χ1) is 7.93. The fourth-order valence-electron chi connectivity index (χ4n) is 2.02. The summed E-state index contributed by atoms with van der Waals surface area (Å²) in [5, 5.41) is 2.25. The van der Waals surface area contributed by atoms with Crippen molar-refractivity contribution in [2.45, 2.75) is 59.0 Å². The van der Waals surface area contributed by atoms with Crippen molar-refractivity contribution < 1.29 is 4.74 Å². The van der Waals surface area contributed by atoms with Crippen LogP contribution in [0.3, 0.4) is 0 Å². The third kappa shape index (κ3) is 5.69. The van der Waals surface area contributed by atoms with Gasteiger partial charge in [0.15, 0.2) is 0 Å². The maximum atomic E-state index is 5.44. The van der Waals surface area contributed by atoms with Crippen LogP contribution in [0.15, 0.2) is 11.4 Å². The molecule has 98 valence electrons.